The lowest BCUT2D eigenvalue weighted by Gasteiger charge is -2.49. The highest BCUT2D eigenvalue weighted by molar-refractivity contribution is 5.93. The molecule has 2 bridgehead atoms. The summed E-state index contributed by atoms with van der Waals surface area (Å²) in [6.07, 6.45) is 0.739. The second kappa shape index (κ2) is 13.8. The van der Waals surface area contributed by atoms with Gasteiger partial charge in [-0.15, -0.1) is 5.90 Å². The Morgan fingerprint density at radius 3 is 2.34 bits per heavy atom. The number of fused-ring (bicyclic) bond motifs is 2. The number of hydrogen-bond donors (Lipinski definition) is 3. The highest BCUT2D eigenvalue weighted by Crippen LogP contribution is 2.41. The number of aliphatic hydroxyl groups excluding tert-OH is 1. The number of methoxy groups -OCH3 is 2. The Balaban J connectivity index is 2.01. The maximum Gasteiger partial charge on any atom is 0.314 e. The minimum Gasteiger partial charge on any atom is -0.457 e. The van der Waals surface area contributed by atoms with Crippen molar-refractivity contribution in [3.63, 3.8) is 0 Å². The van der Waals surface area contributed by atoms with Crippen LogP contribution in [0.5, 0.6) is 0 Å². The summed E-state index contributed by atoms with van der Waals surface area (Å²) in [5, 5.41) is 26.8. The molecule has 2 saturated heterocycles. The lowest BCUT2D eigenvalue weighted by molar-refractivity contribution is -0.312. The molecule has 0 aromatic heterocycles. The van der Waals surface area contributed by atoms with Crippen molar-refractivity contribution in [1.82, 2.24) is 0 Å². The molecular formula is C28H44N2O8. The molecule has 0 aliphatic carbocycles. The zero-order valence-electron chi connectivity index (χ0n) is 23.1. The van der Waals surface area contributed by atoms with E-state index in [9.17, 15) is 15.0 Å². The van der Waals surface area contributed by atoms with Gasteiger partial charge in [-0.2, -0.15) is 0 Å². The largest absolute Gasteiger partial charge is 0.457 e. The Kier molecular flexibility index (Phi) is 11.1. The fraction of sp³-hybridized carbons (Fsp3) is 0.714. The number of rotatable bonds is 4. The number of carbonyl (C=O) groups is 1. The zero-order valence-corrected chi connectivity index (χ0v) is 23.1. The van der Waals surface area contributed by atoms with Gasteiger partial charge in [0.1, 0.15) is 12.0 Å². The molecule has 10 heteroatoms. The van der Waals surface area contributed by atoms with E-state index in [1.54, 1.807) is 14.0 Å². The molecule has 9 unspecified atom stereocenters. The third-order valence-corrected chi connectivity index (χ3v) is 8.14. The molecule has 2 heterocycles. The molecule has 0 saturated carbocycles. The van der Waals surface area contributed by atoms with Crippen LogP contribution in [0, 0.1) is 17.8 Å². The van der Waals surface area contributed by atoms with E-state index in [0.29, 0.717) is 31.4 Å². The summed E-state index contributed by atoms with van der Waals surface area (Å²) in [6, 6.07) is 9.51. The van der Waals surface area contributed by atoms with E-state index in [-0.39, 0.29) is 17.9 Å². The molecule has 214 valence electrons. The Hall–Kier alpha value is -2.08. The van der Waals surface area contributed by atoms with Crippen LogP contribution >= 0.6 is 0 Å². The number of aliphatic hydroxyl groups is 2. The van der Waals surface area contributed by atoms with Crippen molar-refractivity contribution in [3.05, 3.63) is 35.9 Å². The van der Waals surface area contributed by atoms with Gasteiger partial charge in [-0.25, -0.2) is 0 Å². The SMILES string of the molecule is COC1CCCCC(c2ccccc2)OC(=O)C(C)C2(O)OC(C(C)CCC1O)C(C)C(=NON)C2OC. The number of ether oxygens (including phenoxy) is 4. The van der Waals surface area contributed by atoms with Crippen molar-refractivity contribution in [1.29, 1.82) is 0 Å². The van der Waals surface area contributed by atoms with Crippen molar-refractivity contribution < 1.29 is 38.9 Å². The average molecular weight is 537 g/mol. The average Bonchev–Trinajstić information content (AvgIpc) is 2.92. The number of hydrogen-bond acceptors (Lipinski definition) is 10. The molecule has 10 nitrogen and oxygen atoms in total. The number of carbonyl (C=O) groups excluding carboxylic acids is 1. The number of oxime groups is 1. The molecule has 2 fully saturated rings. The minimum atomic E-state index is -2.10. The molecule has 1 aromatic carbocycles. The Bertz CT molecular complexity index is 915. The predicted molar refractivity (Wildman–Crippen MR) is 141 cm³/mol. The van der Waals surface area contributed by atoms with Crippen molar-refractivity contribution in [3.8, 4) is 0 Å². The van der Waals surface area contributed by atoms with Gasteiger partial charge >= 0.3 is 5.97 Å². The zero-order chi connectivity index (χ0) is 27.9. The summed E-state index contributed by atoms with van der Waals surface area (Å²) in [5.74, 6) is 0.979. The molecule has 2 aliphatic heterocycles. The van der Waals surface area contributed by atoms with Gasteiger partial charge in [0.05, 0.1) is 24.0 Å². The summed E-state index contributed by atoms with van der Waals surface area (Å²) in [5.41, 5.74) is 1.19. The molecule has 4 N–H and O–H groups in total. The van der Waals surface area contributed by atoms with Gasteiger partial charge in [0.2, 0.25) is 5.79 Å². The van der Waals surface area contributed by atoms with Gasteiger partial charge < -0.3 is 34.1 Å². The molecule has 0 radical (unpaired) electrons. The first-order valence-corrected chi connectivity index (χ1v) is 13.5. The highest BCUT2D eigenvalue weighted by Gasteiger charge is 2.58. The number of nitrogens with zero attached hydrogens (tertiary/aromatic N) is 1. The van der Waals surface area contributed by atoms with Crippen molar-refractivity contribution in [2.75, 3.05) is 14.2 Å². The van der Waals surface area contributed by atoms with Crippen molar-refractivity contribution in [2.24, 2.45) is 28.8 Å². The topological polar surface area (TPSA) is 142 Å². The van der Waals surface area contributed by atoms with Gasteiger partial charge in [-0.1, -0.05) is 55.8 Å². The summed E-state index contributed by atoms with van der Waals surface area (Å²) in [7, 11) is 3.01. The molecule has 3 rings (SSSR count). The first-order chi connectivity index (χ1) is 18.2. The minimum absolute atomic E-state index is 0.127. The second-order valence-corrected chi connectivity index (χ2v) is 10.6. The third kappa shape index (κ3) is 6.73. The van der Waals surface area contributed by atoms with E-state index in [2.05, 4.69) is 10.1 Å². The molecule has 38 heavy (non-hydrogen) atoms. The number of esters is 1. The monoisotopic (exact) mass is 536 g/mol. The van der Waals surface area contributed by atoms with Crippen LogP contribution in [-0.4, -0.2) is 66.3 Å². The van der Waals surface area contributed by atoms with Gasteiger partial charge in [-0.3, -0.25) is 4.79 Å². The van der Waals surface area contributed by atoms with Crippen molar-refractivity contribution >= 4 is 11.7 Å². The van der Waals surface area contributed by atoms with Crippen molar-refractivity contribution in [2.45, 2.75) is 95.6 Å². The van der Waals surface area contributed by atoms with Crippen LogP contribution in [0.4, 0.5) is 0 Å². The summed E-state index contributed by atoms with van der Waals surface area (Å²) >= 11 is 0. The lowest BCUT2D eigenvalue weighted by Crippen LogP contribution is -2.65. The van der Waals surface area contributed by atoms with Gasteiger partial charge in [-0.05, 0) is 50.5 Å². The Labute approximate surface area is 225 Å². The molecule has 0 amide bonds. The maximum absolute atomic E-state index is 13.6. The van der Waals surface area contributed by atoms with Gasteiger partial charge in [0.25, 0.3) is 0 Å². The van der Waals surface area contributed by atoms with E-state index in [4.69, 9.17) is 24.8 Å². The van der Waals surface area contributed by atoms with Gasteiger partial charge in [0, 0.05) is 20.1 Å². The highest BCUT2D eigenvalue weighted by atomic mass is 16.7. The summed E-state index contributed by atoms with van der Waals surface area (Å²) in [6.45, 7) is 5.42. The number of nitrogens with two attached hydrogens (primary N) is 1. The van der Waals surface area contributed by atoms with E-state index >= 15 is 0 Å². The predicted octanol–water partition coefficient (Wildman–Crippen LogP) is 3.26. The van der Waals surface area contributed by atoms with E-state index in [1.807, 2.05) is 44.2 Å². The normalized spacial score (nSPS) is 38.9. The lowest BCUT2D eigenvalue weighted by atomic mass is 9.77. The number of benzene rings is 1. The van der Waals surface area contributed by atoms with Crippen LogP contribution in [0.2, 0.25) is 0 Å². The van der Waals surface area contributed by atoms with E-state index < -0.39 is 42.1 Å². The first kappa shape index (κ1) is 30.5. The number of cyclic esters (lactones) is 1. The summed E-state index contributed by atoms with van der Waals surface area (Å²) < 4.78 is 23.6. The van der Waals surface area contributed by atoms with Crippen LogP contribution in [0.1, 0.15) is 71.0 Å². The molecular weight excluding hydrogens is 492 g/mol. The molecule has 0 spiro atoms. The maximum atomic E-state index is 13.6. The van der Waals surface area contributed by atoms with E-state index in [1.165, 1.54) is 7.11 Å². The Morgan fingerprint density at radius 2 is 1.71 bits per heavy atom. The standard InChI is InChI=1S/C28H44N2O8/c1-17-15-16-21(31)23(34-4)14-10-9-13-22(20-11-7-6-8-12-20)36-27(32)19(3)28(33)26(35-5)24(30-38-29)18(2)25(17)37-28/h6-8,11-12,17-19,21-23,25-26,31,33H,9-10,13-16,29H2,1-5H3. The van der Waals surface area contributed by atoms with Crippen LogP contribution in [0.25, 0.3) is 0 Å². The van der Waals surface area contributed by atoms with Crippen LogP contribution in [-0.2, 0) is 28.7 Å². The molecule has 9 atom stereocenters. The fourth-order valence-electron chi connectivity index (χ4n) is 5.72. The quantitative estimate of drug-likeness (QED) is 0.390. The van der Waals surface area contributed by atoms with Crippen LogP contribution in [0.3, 0.4) is 0 Å². The van der Waals surface area contributed by atoms with Crippen LogP contribution < -0.4 is 5.90 Å². The smallest absolute Gasteiger partial charge is 0.314 e. The second-order valence-electron chi connectivity index (χ2n) is 10.6. The molecule has 1 aromatic rings. The van der Waals surface area contributed by atoms with E-state index in [0.717, 1.165) is 18.4 Å². The summed E-state index contributed by atoms with van der Waals surface area (Å²) in [4.78, 5) is 18.2. The fourth-order valence-corrected chi connectivity index (χ4v) is 5.72. The first-order valence-electron chi connectivity index (χ1n) is 13.5. The Morgan fingerprint density at radius 1 is 1.03 bits per heavy atom. The molecule has 2 aliphatic rings. The third-order valence-electron chi connectivity index (χ3n) is 8.14. The van der Waals surface area contributed by atoms with Gasteiger partial charge in [0.15, 0.2) is 6.10 Å². The van der Waals surface area contributed by atoms with Crippen LogP contribution in [0.15, 0.2) is 35.5 Å².